The summed E-state index contributed by atoms with van der Waals surface area (Å²) in [5.74, 6) is 0. The molecule has 1 heterocycles. The van der Waals surface area contributed by atoms with E-state index in [4.69, 9.17) is 5.11 Å². The first-order valence-electron chi connectivity index (χ1n) is 4.27. The number of hydrogen-bond acceptors (Lipinski definition) is 4. The van der Waals surface area contributed by atoms with E-state index in [1.165, 1.54) is 12.5 Å². The van der Waals surface area contributed by atoms with E-state index in [2.05, 4.69) is 14.7 Å². The number of aromatic nitrogens is 2. The number of aromatic amines is 1. The van der Waals surface area contributed by atoms with Crippen molar-refractivity contribution in [1.82, 2.24) is 14.7 Å². The van der Waals surface area contributed by atoms with E-state index in [0.29, 0.717) is 12.8 Å². The van der Waals surface area contributed by atoms with Crippen molar-refractivity contribution >= 4 is 10.0 Å². The van der Waals surface area contributed by atoms with Crippen molar-refractivity contribution in [3.8, 4) is 0 Å². The average molecular weight is 217 g/mol. The molecule has 1 aliphatic rings. The van der Waals surface area contributed by atoms with Crippen LogP contribution in [0.25, 0.3) is 0 Å². The van der Waals surface area contributed by atoms with Gasteiger partial charge in [-0.25, -0.2) is 18.1 Å². The molecule has 1 saturated carbocycles. The summed E-state index contributed by atoms with van der Waals surface area (Å²) >= 11 is 0. The van der Waals surface area contributed by atoms with Gasteiger partial charge >= 0.3 is 0 Å². The smallest absolute Gasteiger partial charge is 0.257 e. The molecule has 0 radical (unpaired) electrons. The van der Waals surface area contributed by atoms with Gasteiger partial charge in [-0.2, -0.15) is 0 Å². The van der Waals surface area contributed by atoms with E-state index in [1.54, 1.807) is 0 Å². The molecule has 1 aromatic heterocycles. The highest BCUT2D eigenvalue weighted by molar-refractivity contribution is 7.89. The molecular formula is C7H11N3O3S. The zero-order valence-corrected chi connectivity index (χ0v) is 8.16. The Morgan fingerprint density at radius 3 is 2.79 bits per heavy atom. The number of rotatable bonds is 3. The van der Waals surface area contributed by atoms with Crippen LogP contribution < -0.4 is 4.72 Å². The highest BCUT2D eigenvalue weighted by Crippen LogP contribution is 2.21. The largest absolute Gasteiger partial charge is 0.393 e. The molecule has 0 unspecified atom stereocenters. The number of nitrogens with one attached hydrogen (secondary N) is 2. The van der Waals surface area contributed by atoms with E-state index >= 15 is 0 Å². The second-order valence-corrected chi connectivity index (χ2v) is 5.04. The van der Waals surface area contributed by atoms with Crippen LogP contribution in [0.5, 0.6) is 0 Å². The minimum Gasteiger partial charge on any atom is -0.393 e. The van der Waals surface area contributed by atoms with Gasteiger partial charge in [0.15, 0.2) is 5.03 Å². The lowest BCUT2D eigenvalue weighted by Crippen LogP contribution is -2.46. The van der Waals surface area contributed by atoms with Crippen molar-refractivity contribution in [3.05, 3.63) is 12.5 Å². The highest BCUT2D eigenvalue weighted by Gasteiger charge is 2.31. The summed E-state index contributed by atoms with van der Waals surface area (Å²) in [6, 6.07) is -0.154. The van der Waals surface area contributed by atoms with Gasteiger partial charge in [0.05, 0.1) is 18.6 Å². The first kappa shape index (κ1) is 9.63. The van der Waals surface area contributed by atoms with E-state index in [1.807, 2.05) is 0 Å². The second-order valence-electron chi connectivity index (χ2n) is 3.36. The van der Waals surface area contributed by atoms with E-state index < -0.39 is 10.0 Å². The third kappa shape index (κ3) is 1.79. The Morgan fingerprint density at radius 2 is 2.29 bits per heavy atom. The molecule has 0 amide bonds. The molecule has 1 aromatic rings. The molecule has 0 spiro atoms. The molecule has 0 atom stereocenters. The van der Waals surface area contributed by atoms with Crippen molar-refractivity contribution in [2.45, 2.75) is 30.0 Å². The van der Waals surface area contributed by atoms with Crippen LogP contribution in [0.3, 0.4) is 0 Å². The van der Waals surface area contributed by atoms with Gasteiger partial charge in [0.2, 0.25) is 0 Å². The SMILES string of the molecule is O=S(=O)(NC1CC(O)C1)c1cnc[nH]1. The number of aliphatic hydroxyl groups is 1. The third-order valence-electron chi connectivity index (χ3n) is 2.20. The van der Waals surface area contributed by atoms with Crippen molar-refractivity contribution in [2.24, 2.45) is 0 Å². The maximum absolute atomic E-state index is 11.5. The van der Waals surface area contributed by atoms with Gasteiger partial charge in [-0.1, -0.05) is 0 Å². The van der Waals surface area contributed by atoms with Gasteiger partial charge in [0.25, 0.3) is 10.0 Å². The fraction of sp³-hybridized carbons (Fsp3) is 0.571. The van der Waals surface area contributed by atoms with Crippen molar-refractivity contribution in [1.29, 1.82) is 0 Å². The van der Waals surface area contributed by atoms with Gasteiger partial charge in [0, 0.05) is 6.04 Å². The quantitative estimate of drug-likeness (QED) is 0.618. The average Bonchev–Trinajstić information content (AvgIpc) is 2.52. The van der Waals surface area contributed by atoms with Crippen molar-refractivity contribution in [3.63, 3.8) is 0 Å². The maximum Gasteiger partial charge on any atom is 0.257 e. The minimum absolute atomic E-state index is 0.0545. The highest BCUT2D eigenvalue weighted by atomic mass is 32.2. The van der Waals surface area contributed by atoms with Crippen molar-refractivity contribution < 1.29 is 13.5 Å². The van der Waals surface area contributed by atoms with Gasteiger partial charge in [-0.05, 0) is 12.8 Å². The number of hydrogen-bond donors (Lipinski definition) is 3. The van der Waals surface area contributed by atoms with Crippen LogP contribution in [-0.4, -0.2) is 35.6 Å². The van der Waals surface area contributed by atoms with Crippen molar-refractivity contribution in [2.75, 3.05) is 0 Å². The Bertz CT molecular complexity index is 394. The van der Waals surface area contributed by atoms with Crippen LogP contribution >= 0.6 is 0 Å². The summed E-state index contributed by atoms with van der Waals surface area (Å²) in [6.07, 6.45) is 3.15. The van der Waals surface area contributed by atoms with E-state index in [9.17, 15) is 8.42 Å². The fourth-order valence-electron chi connectivity index (χ4n) is 1.36. The molecule has 0 bridgehead atoms. The molecular weight excluding hydrogens is 206 g/mol. The summed E-state index contributed by atoms with van der Waals surface area (Å²) in [6.45, 7) is 0. The van der Waals surface area contributed by atoms with Crippen LogP contribution in [0.1, 0.15) is 12.8 Å². The Morgan fingerprint density at radius 1 is 1.57 bits per heavy atom. The summed E-state index contributed by atoms with van der Waals surface area (Å²) < 4.78 is 25.5. The zero-order valence-electron chi connectivity index (χ0n) is 7.34. The molecule has 0 saturated heterocycles. The summed E-state index contributed by atoms with van der Waals surface area (Å²) in [7, 11) is -3.48. The van der Waals surface area contributed by atoms with Gasteiger partial charge in [-0.15, -0.1) is 0 Å². The van der Waals surface area contributed by atoms with Gasteiger partial charge < -0.3 is 10.1 Å². The molecule has 1 aliphatic carbocycles. The van der Waals surface area contributed by atoms with Gasteiger partial charge in [0.1, 0.15) is 0 Å². The first-order valence-corrected chi connectivity index (χ1v) is 5.75. The molecule has 7 heteroatoms. The molecule has 3 N–H and O–H groups in total. The van der Waals surface area contributed by atoms with Crippen LogP contribution in [-0.2, 0) is 10.0 Å². The Hall–Kier alpha value is -0.920. The number of H-pyrrole nitrogens is 1. The number of sulfonamides is 1. The molecule has 6 nitrogen and oxygen atoms in total. The number of nitrogens with zero attached hydrogens (tertiary/aromatic N) is 1. The van der Waals surface area contributed by atoms with Crippen LogP contribution in [0.15, 0.2) is 17.6 Å². The molecule has 1 fully saturated rings. The Balaban J connectivity index is 2.04. The number of aliphatic hydroxyl groups excluding tert-OH is 1. The Labute approximate surface area is 81.4 Å². The summed E-state index contributed by atoms with van der Waals surface area (Å²) in [5, 5.41) is 9.05. The molecule has 0 aromatic carbocycles. The monoisotopic (exact) mass is 217 g/mol. The molecule has 0 aliphatic heterocycles. The normalized spacial score (nSPS) is 27.2. The van der Waals surface area contributed by atoms with Crippen LogP contribution in [0, 0.1) is 0 Å². The number of imidazole rings is 1. The lowest BCUT2D eigenvalue weighted by molar-refractivity contribution is 0.0712. The van der Waals surface area contributed by atoms with E-state index in [0.717, 1.165) is 0 Å². The lowest BCUT2D eigenvalue weighted by Gasteiger charge is -2.31. The Kier molecular flexibility index (Phi) is 2.30. The minimum atomic E-state index is -3.48. The first-order chi connectivity index (χ1) is 6.58. The third-order valence-corrected chi connectivity index (χ3v) is 3.64. The fourth-order valence-corrected chi connectivity index (χ4v) is 2.52. The van der Waals surface area contributed by atoms with Gasteiger partial charge in [-0.3, -0.25) is 0 Å². The topological polar surface area (TPSA) is 95.1 Å². The maximum atomic E-state index is 11.5. The zero-order chi connectivity index (χ0) is 10.2. The van der Waals surface area contributed by atoms with E-state index in [-0.39, 0.29) is 17.2 Å². The standard InChI is InChI=1S/C7H11N3O3S/c11-6-1-5(2-6)10-14(12,13)7-3-8-4-9-7/h3-6,10-11H,1-2H2,(H,8,9). The lowest BCUT2D eigenvalue weighted by atomic mass is 9.91. The summed E-state index contributed by atoms with van der Waals surface area (Å²) in [4.78, 5) is 6.15. The predicted molar refractivity (Wildman–Crippen MR) is 47.9 cm³/mol. The predicted octanol–water partition coefficient (Wildman–Crippen LogP) is -0.789. The molecule has 78 valence electrons. The summed E-state index contributed by atoms with van der Waals surface area (Å²) in [5.41, 5.74) is 0. The second kappa shape index (κ2) is 3.34. The molecule has 2 rings (SSSR count). The van der Waals surface area contributed by atoms with Crippen LogP contribution in [0.4, 0.5) is 0 Å². The van der Waals surface area contributed by atoms with Crippen LogP contribution in [0.2, 0.25) is 0 Å². The molecule has 14 heavy (non-hydrogen) atoms.